The molecule has 7 nitrogen and oxygen atoms in total. The number of rotatable bonds is 5. The largest absolute Gasteiger partial charge is 0.459 e. The monoisotopic (exact) mass is 462 g/mol. The van der Waals surface area contributed by atoms with Gasteiger partial charge in [0.2, 0.25) is 10.0 Å². The third kappa shape index (κ3) is 4.21. The zero-order chi connectivity index (χ0) is 22.2. The van der Waals surface area contributed by atoms with E-state index in [9.17, 15) is 13.2 Å². The summed E-state index contributed by atoms with van der Waals surface area (Å²) < 4.78 is 38.6. The van der Waals surface area contributed by atoms with E-state index < -0.39 is 10.0 Å². The summed E-state index contributed by atoms with van der Waals surface area (Å²) in [5.41, 5.74) is 0.984. The Hall–Kier alpha value is -2.39. The summed E-state index contributed by atoms with van der Waals surface area (Å²) in [7, 11) is -2.17. The van der Waals surface area contributed by atoms with E-state index in [0.717, 1.165) is 11.0 Å². The Bertz CT molecular complexity index is 1180. The van der Waals surface area contributed by atoms with Gasteiger partial charge in [-0.1, -0.05) is 29.8 Å². The van der Waals surface area contributed by atoms with Crippen molar-refractivity contribution in [2.24, 2.45) is 0 Å². The van der Waals surface area contributed by atoms with Crippen molar-refractivity contribution in [3.05, 3.63) is 64.9 Å². The van der Waals surface area contributed by atoms with E-state index >= 15 is 0 Å². The van der Waals surface area contributed by atoms with Crippen molar-refractivity contribution in [3.8, 4) is 0 Å². The van der Waals surface area contributed by atoms with Crippen LogP contribution in [-0.2, 0) is 14.8 Å². The second kappa shape index (κ2) is 8.63. The van der Waals surface area contributed by atoms with E-state index in [-0.39, 0.29) is 40.5 Å². The fourth-order valence-corrected chi connectivity index (χ4v) is 5.45. The Kier molecular flexibility index (Phi) is 6.07. The molecule has 0 spiro atoms. The number of para-hydroxylation sites is 1. The molecule has 0 N–H and O–H groups in total. The highest BCUT2D eigenvalue weighted by atomic mass is 35.5. The van der Waals surface area contributed by atoms with Gasteiger partial charge in [-0.25, -0.2) is 8.42 Å². The van der Waals surface area contributed by atoms with Crippen molar-refractivity contribution >= 4 is 38.5 Å². The van der Waals surface area contributed by atoms with Crippen molar-refractivity contribution in [2.75, 3.05) is 33.4 Å². The minimum Gasteiger partial charge on any atom is -0.459 e. The molecular weight excluding hydrogens is 440 g/mol. The van der Waals surface area contributed by atoms with Gasteiger partial charge in [-0.2, -0.15) is 4.31 Å². The van der Waals surface area contributed by atoms with Crippen LogP contribution in [0.2, 0.25) is 5.02 Å². The standard InChI is InChI=1S/C22H23ClN2O5S/c1-15(20-13-16-5-3-4-6-19(16)30-20)24(2)22(26)17-7-8-18(23)21(14-17)31(27,28)25-9-11-29-12-10-25/h3-8,13-15H,9-12H2,1-2H3. The molecule has 1 aliphatic rings. The number of ether oxygens (including phenoxy) is 1. The first-order chi connectivity index (χ1) is 14.8. The Labute approximate surface area is 186 Å². The van der Waals surface area contributed by atoms with Crippen LogP contribution in [0.4, 0.5) is 0 Å². The van der Waals surface area contributed by atoms with E-state index in [0.29, 0.717) is 19.0 Å². The second-order valence-corrected chi connectivity index (χ2v) is 9.75. The molecule has 4 rings (SSSR count). The van der Waals surface area contributed by atoms with Gasteiger partial charge in [0.1, 0.15) is 16.2 Å². The lowest BCUT2D eigenvalue weighted by Gasteiger charge is -2.27. The predicted molar refractivity (Wildman–Crippen MR) is 118 cm³/mol. The molecule has 0 saturated carbocycles. The first-order valence-corrected chi connectivity index (χ1v) is 11.7. The van der Waals surface area contributed by atoms with Gasteiger partial charge in [0, 0.05) is 31.1 Å². The Morgan fingerprint density at radius 3 is 2.55 bits per heavy atom. The van der Waals surface area contributed by atoms with Gasteiger partial charge in [-0.05, 0) is 37.3 Å². The maximum Gasteiger partial charge on any atom is 0.254 e. The van der Waals surface area contributed by atoms with Gasteiger partial charge in [-0.15, -0.1) is 0 Å². The molecule has 0 radical (unpaired) electrons. The number of benzene rings is 2. The quantitative estimate of drug-likeness (QED) is 0.573. The van der Waals surface area contributed by atoms with Gasteiger partial charge >= 0.3 is 0 Å². The summed E-state index contributed by atoms with van der Waals surface area (Å²) >= 11 is 6.21. The van der Waals surface area contributed by atoms with Crippen molar-refractivity contribution in [1.82, 2.24) is 9.21 Å². The minimum absolute atomic E-state index is 0.0771. The molecule has 1 fully saturated rings. The summed E-state index contributed by atoms with van der Waals surface area (Å²) in [4.78, 5) is 14.6. The number of furan rings is 1. The maximum absolute atomic E-state index is 13.2. The third-order valence-corrected chi connectivity index (χ3v) is 7.90. The molecule has 0 bridgehead atoms. The molecule has 1 unspecified atom stereocenters. The lowest BCUT2D eigenvalue weighted by atomic mass is 10.1. The summed E-state index contributed by atoms with van der Waals surface area (Å²) in [5, 5.41) is 1.03. The Morgan fingerprint density at radius 2 is 1.84 bits per heavy atom. The van der Waals surface area contributed by atoms with Gasteiger partial charge in [0.25, 0.3) is 5.91 Å². The van der Waals surface area contributed by atoms with Crippen LogP contribution >= 0.6 is 11.6 Å². The number of nitrogens with zero attached hydrogens (tertiary/aromatic N) is 2. The van der Waals surface area contributed by atoms with Gasteiger partial charge in [0.15, 0.2) is 0 Å². The molecular formula is C22H23ClN2O5S. The fourth-order valence-electron chi connectivity index (χ4n) is 3.54. The lowest BCUT2D eigenvalue weighted by molar-refractivity contribution is 0.0724. The van der Waals surface area contributed by atoms with Gasteiger partial charge in [-0.3, -0.25) is 4.79 Å². The minimum atomic E-state index is -3.83. The number of halogens is 1. The van der Waals surface area contributed by atoms with Crippen molar-refractivity contribution in [3.63, 3.8) is 0 Å². The van der Waals surface area contributed by atoms with Crippen molar-refractivity contribution in [1.29, 1.82) is 0 Å². The first-order valence-electron chi connectivity index (χ1n) is 9.92. The summed E-state index contributed by atoms with van der Waals surface area (Å²) in [6.07, 6.45) is 0. The smallest absolute Gasteiger partial charge is 0.254 e. The SMILES string of the molecule is CC(c1cc2ccccc2o1)N(C)C(=O)c1ccc(Cl)c(S(=O)(=O)N2CCOCC2)c1. The molecule has 1 saturated heterocycles. The van der Waals surface area contributed by atoms with E-state index in [1.807, 2.05) is 37.3 Å². The molecule has 2 aromatic carbocycles. The number of sulfonamides is 1. The molecule has 1 amide bonds. The van der Waals surface area contributed by atoms with E-state index in [4.69, 9.17) is 20.8 Å². The lowest BCUT2D eigenvalue weighted by Crippen LogP contribution is -2.40. The summed E-state index contributed by atoms with van der Waals surface area (Å²) in [5.74, 6) is 0.315. The average molecular weight is 463 g/mol. The maximum atomic E-state index is 13.2. The third-order valence-electron chi connectivity index (χ3n) is 5.52. The molecule has 1 atom stereocenters. The molecule has 1 aromatic heterocycles. The normalized spacial score (nSPS) is 16.4. The number of carbonyl (C=O) groups is 1. The topological polar surface area (TPSA) is 80.1 Å². The molecule has 3 aromatic rings. The van der Waals surface area contributed by atoms with E-state index in [1.165, 1.54) is 27.4 Å². The number of carbonyl (C=O) groups excluding carboxylic acids is 1. The highest BCUT2D eigenvalue weighted by Gasteiger charge is 2.30. The van der Waals surface area contributed by atoms with E-state index in [1.54, 1.807) is 7.05 Å². The number of amides is 1. The Morgan fingerprint density at radius 1 is 1.13 bits per heavy atom. The average Bonchev–Trinajstić information content (AvgIpc) is 3.22. The van der Waals surface area contributed by atoms with Crippen LogP contribution in [0, 0.1) is 0 Å². The number of hydrogen-bond donors (Lipinski definition) is 0. The number of hydrogen-bond acceptors (Lipinski definition) is 5. The number of morpholine rings is 1. The van der Waals surface area contributed by atoms with E-state index in [2.05, 4.69) is 0 Å². The molecule has 9 heteroatoms. The molecule has 31 heavy (non-hydrogen) atoms. The molecule has 1 aliphatic heterocycles. The van der Waals surface area contributed by atoms with Crippen LogP contribution < -0.4 is 0 Å². The zero-order valence-electron chi connectivity index (χ0n) is 17.2. The van der Waals surface area contributed by atoms with Gasteiger partial charge in [0.05, 0.1) is 24.3 Å². The predicted octanol–water partition coefficient (Wildman–Crippen LogP) is 3.94. The molecule has 2 heterocycles. The first kappa shape index (κ1) is 21.8. The molecule has 0 aliphatic carbocycles. The number of fused-ring (bicyclic) bond motifs is 1. The molecule has 164 valence electrons. The highest BCUT2D eigenvalue weighted by molar-refractivity contribution is 7.89. The van der Waals surface area contributed by atoms with Crippen LogP contribution in [0.25, 0.3) is 11.0 Å². The second-order valence-electron chi connectivity index (χ2n) is 7.44. The van der Waals surface area contributed by atoms with Crippen LogP contribution in [0.3, 0.4) is 0 Å². The van der Waals surface area contributed by atoms with Crippen molar-refractivity contribution in [2.45, 2.75) is 17.9 Å². The fraction of sp³-hybridized carbons (Fsp3) is 0.318. The van der Waals surface area contributed by atoms with Crippen LogP contribution in [0.5, 0.6) is 0 Å². The highest BCUT2D eigenvalue weighted by Crippen LogP contribution is 2.30. The van der Waals surface area contributed by atoms with Gasteiger partial charge < -0.3 is 14.1 Å². The summed E-state index contributed by atoms with van der Waals surface area (Å²) in [6.45, 7) is 3.01. The van der Waals surface area contributed by atoms with Crippen LogP contribution in [0.1, 0.15) is 29.1 Å². The zero-order valence-corrected chi connectivity index (χ0v) is 18.8. The van der Waals surface area contributed by atoms with Crippen LogP contribution in [-0.4, -0.2) is 56.9 Å². The van der Waals surface area contributed by atoms with Crippen LogP contribution in [0.15, 0.2) is 57.8 Å². The Balaban J connectivity index is 1.61. The van der Waals surface area contributed by atoms with Crippen molar-refractivity contribution < 1.29 is 22.4 Å². The summed E-state index contributed by atoms with van der Waals surface area (Å²) in [6, 6.07) is 13.5.